The lowest BCUT2D eigenvalue weighted by Crippen LogP contribution is -2.45. The third-order valence-electron chi connectivity index (χ3n) is 7.03. The lowest BCUT2D eigenvalue weighted by molar-refractivity contribution is 0.0734. The summed E-state index contributed by atoms with van der Waals surface area (Å²) in [7, 11) is 0. The number of hydrogen-bond donors (Lipinski definition) is 2. The number of aromatic nitrogens is 1. The van der Waals surface area contributed by atoms with Crippen molar-refractivity contribution < 1.29 is 19.4 Å². The smallest absolute Gasteiger partial charge is 0.415 e. The van der Waals surface area contributed by atoms with E-state index in [9.17, 15) is 9.90 Å². The minimum absolute atomic E-state index is 0.214. The maximum absolute atomic E-state index is 12.3. The Labute approximate surface area is 180 Å². The largest absolute Gasteiger partial charge is 0.489 e. The van der Waals surface area contributed by atoms with Crippen LogP contribution in [0.2, 0.25) is 0 Å². The summed E-state index contributed by atoms with van der Waals surface area (Å²) >= 11 is 0. The minimum atomic E-state index is -0.556. The van der Waals surface area contributed by atoms with Gasteiger partial charge in [0.15, 0.2) is 6.10 Å². The van der Waals surface area contributed by atoms with E-state index in [2.05, 4.69) is 16.3 Å². The average molecular weight is 422 g/mol. The van der Waals surface area contributed by atoms with Crippen LogP contribution < -0.4 is 19.9 Å². The summed E-state index contributed by atoms with van der Waals surface area (Å²) in [4.78, 5) is 21.0. The van der Waals surface area contributed by atoms with Gasteiger partial charge in [-0.25, -0.2) is 4.79 Å². The molecular formula is C23H26N4O4. The van der Waals surface area contributed by atoms with Crippen LogP contribution in [-0.2, 0) is 4.74 Å². The quantitative estimate of drug-likeness (QED) is 0.783. The summed E-state index contributed by atoms with van der Waals surface area (Å²) in [6.07, 6.45) is 3.53. The number of carbonyl (C=O) groups is 1. The van der Waals surface area contributed by atoms with Crippen molar-refractivity contribution in [2.75, 3.05) is 42.6 Å². The molecular weight excluding hydrogens is 396 g/mol. The predicted molar refractivity (Wildman–Crippen MR) is 116 cm³/mol. The molecule has 6 rings (SSSR count). The fraction of sp³-hybridized carbons (Fsp3) is 0.478. The van der Waals surface area contributed by atoms with Crippen LogP contribution in [0, 0.1) is 5.92 Å². The number of benzene rings is 1. The molecule has 4 aliphatic rings. The molecule has 162 valence electrons. The second kappa shape index (κ2) is 7.39. The zero-order chi connectivity index (χ0) is 20.9. The van der Waals surface area contributed by atoms with Crippen molar-refractivity contribution in [2.45, 2.75) is 31.0 Å². The summed E-state index contributed by atoms with van der Waals surface area (Å²) in [6.45, 7) is 3.34. The van der Waals surface area contributed by atoms with E-state index < -0.39 is 12.2 Å². The van der Waals surface area contributed by atoms with Gasteiger partial charge in [0, 0.05) is 24.7 Å². The molecule has 1 aromatic carbocycles. The molecule has 31 heavy (non-hydrogen) atoms. The monoisotopic (exact) mass is 422 g/mol. The number of rotatable bonds is 3. The van der Waals surface area contributed by atoms with E-state index in [-0.39, 0.29) is 12.6 Å². The van der Waals surface area contributed by atoms with E-state index >= 15 is 0 Å². The van der Waals surface area contributed by atoms with E-state index in [1.165, 1.54) is 12.8 Å². The Balaban J connectivity index is 1.22. The summed E-state index contributed by atoms with van der Waals surface area (Å²) in [5.41, 5.74) is 3.63. The Hall–Kier alpha value is -2.84. The van der Waals surface area contributed by atoms with Crippen LogP contribution in [-0.4, -0.2) is 67.2 Å². The third-order valence-corrected chi connectivity index (χ3v) is 7.03. The highest BCUT2D eigenvalue weighted by Gasteiger charge is 2.46. The molecule has 0 unspecified atom stereocenters. The fourth-order valence-electron chi connectivity index (χ4n) is 5.35. The van der Waals surface area contributed by atoms with Crippen LogP contribution in [0.25, 0.3) is 11.3 Å². The molecule has 3 fully saturated rings. The number of nitrogens with one attached hydrogen (secondary N) is 1. The van der Waals surface area contributed by atoms with Gasteiger partial charge >= 0.3 is 6.09 Å². The number of ether oxygens (including phenoxy) is 2. The predicted octanol–water partition coefficient (Wildman–Crippen LogP) is 2.02. The number of amides is 1. The average Bonchev–Trinajstić information content (AvgIpc) is 3.40. The zero-order valence-electron chi connectivity index (χ0n) is 17.2. The molecule has 0 spiro atoms. The number of cyclic esters (lactones) is 1. The van der Waals surface area contributed by atoms with Crippen molar-refractivity contribution in [3.05, 3.63) is 36.5 Å². The first kappa shape index (κ1) is 18.9. The van der Waals surface area contributed by atoms with Gasteiger partial charge in [0.05, 0.1) is 29.9 Å². The summed E-state index contributed by atoms with van der Waals surface area (Å²) < 4.78 is 11.2. The van der Waals surface area contributed by atoms with Crippen molar-refractivity contribution >= 4 is 17.5 Å². The van der Waals surface area contributed by atoms with Crippen LogP contribution in [0.15, 0.2) is 36.5 Å². The SMILES string of the molecule is O=C1O[C@@H](CO)[C@@H]2COc3cc(-c4ccc(N5C[C@@H]6CCCN[C@@H]6C5)cn4)ccc3N12. The second-order valence-corrected chi connectivity index (χ2v) is 8.81. The number of carbonyl (C=O) groups excluding carboxylic acids is 1. The highest BCUT2D eigenvalue weighted by atomic mass is 16.6. The first-order valence-corrected chi connectivity index (χ1v) is 11.0. The minimum Gasteiger partial charge on any atom is -0.489 e. The summed E-state index contributed by atoms with van der Waals surface area (Å²) in [6, 6.07) is 10.2. The Kier molecular flexibility index (Phi) is 4.50. The van der Waals surface area contributed by atoms with Crippen LogP contribution in [0.5, 0.6) is 5.75 Å². The van der Waals surface area contributed by atoms with Gasteiger partial charge in [-0.1, -0.05) is 6.07 Å². The van der Waals surface area contributed by atoms with Gasteiger partial charge in [-0.3, -0.25) is 9.88 Å². The third kappa shape index (κ3) is 3.13. The Morgan fingerprint density at radius 3 is 2.97 bits per heavy atom. The molecule has 8 heteroatoms. The van der Waals surface area contributed by atoms with Crippen LogP contribution in [0.1, 0.15) is 12.8 Å². The number of anilines is 2. The molecule has 3 saturated heterocycles. The molecule has 8 nitrogen and oxygen atoms in total. The lowest BCUT2D eigenvalue weighted by atomic mass is 9.94. The van der Waals surface area contributed by atoms with E-state index in [1.807, 2.05) is 30.5 Å². The number of fused-ring (bicyclic) bond motifs is 4. The number of piperidine rings is 1. The molecule has 0 saturated carbocycles. The lowest BCUT2D eigenvalue weighted by Gasteiger charge is -2.31. The summed E-state index contributed by atoms with van der Waals surface area (Å²) in [5, 5.41) is 13.1. The first-order valence-electron chi connectivity index (χ1n) is 11.0. The van der Waals surface area contributed by atoms with E-state index in [0.717, 1.165) is 42.5 Å². The Bertz CT molecular complexity index is 984. The number of hydrogen-bond acceptors (Lipinski definition) is 7. The van der Waals surface area contributed by atoms with Crippen molar-refractivity contribution in [3.63, 3.8) is 0 Å². The van der Waals surface area contributed by atoms with Crippen LogP contribution in [0.3, 0.4) is 0 Å². The molecule has 2 aromatic rings. The highest BCUT2D eigenvalue weighted by Crippen LogP contribution is 2.41. The van der Waals surface area contributed by atoms with E-state index in [4.69, 9.17) is 14.5 Å². The van der Waals surface area contributed by atoms with Crippen molar-refractivity contribution in [1.82, 2.24) is 10.3 Å². The molecule has 1 amide bonds. The van der Waals surface area contributed by atoms with Gasteiger partial charge in [-0.2, -0.15) is 0 Å². The van der Waals surface area contributed by atoms with E-state index in [1.54, 1.807) is 4.90 Å². The van der Waals surface area contributed by atoms with Gasteiger partial charge < -0.3 is 24.8 Å². The normalized spacial score (nSPS) is 29.1. The molecule has 2 N–H and O–H groups in total. The van der Waals surface area contributed by atoms with E-state index in [0.29, 0.717) is 24.1 Å². The van der Waals surface area contributed by atoms with Crippen LogP contribution >= 0.6 is 0 Å². The number of aliphatic hydroxyl groups is 1. The Morgan fingerprint density at radius 2 is 2.16 bits per heavy atom. The fourth-order valence-corrected chi connectivity index (χ4v) is 5.35. The molecule has 0 radical (unpaired) electrons. The molecule has 0 bridgehead atoms. The maximum atomic E-state index is 12.3. The second-order valence-electron chi connectivity index (χ2n) is 8.81. The van der Waals surface area contributed by atoms with Crippen molar-refractivity contribution in [1.29, 1.82) is 0 Å². The topological polar surface area (TPSA) is 87.2 Å². The number of aliphatic hydroxyl groups excluding tert-OH is 1. The van der Waals surface area contributed by atoms with Gasteiger partial charge in [-0.05, 0) is 49.6 Å². The van der Waals surface area contributed by atoms with Gasteiger partial charge in [0.1, 0.15) is 18.4 Å². The maximum Gasteiger partial charge on any atom is 0.415 e. The number of nitrogens with zero attached hydrogens (tertiary/aromatic N) is 3. The van der Waals surface area contributed by atoms with Crippen molar-refractivity contribution in [3.8, 4) is 17.0 Å². The zero-order valence-corrected chi connectivity index (χ0v) is 17.2. The first-order chi connectivity index (χ1) is 15.2. The van der Waals surface area contributed by atoms with Gasteiger partial charge in [0.2, 0.25) is 0 Å². The van der Waals surface area contributed by atoms with Crippen LogP contribution in [0.4, 0.5) is 16.2 Å². The summed E-state index contributed by atoms with van der Waals surface area (Å²) in [5.74, 6) is 1.36. The Morgan fingerprint density at radius 1 is 1.23 bits per heavy atom. The molecule has 1 aromatic heterocycles. The standard InChI is InChI=1S/C23H26N4O4/c28-12-22-20-13-30-21-8-14(3-6-19(21)27(20)23(29)31-22)17-5-4-16(9-25-17)26-10-15-2-1-7-24-18(15)11-26/h3-6,8-9,15,18,20,22,24,28H,1-2,7,10-13H2/t15-,18+,20-,22-/m0/s1. The molecule has 5 heterocycles. The van der Waals surface area contributed by atoms with Gasteiger partial charge in [-0.15, -0.1) is 0 Å². The molecule has 4 atom stereocenters. The van der Waals surface area contributed by atoms with Gasteiger partial charge in [0.25, 0.3) is 0 Å². The number of pyridine rings is 1. The molecule has 4 aliphatic heterocycles. The van der Waals surface area contributed by atoms with Crippen molar-refractivity contribution in [2.24, 2.45) is 5.92 Å². The molecule has 0 aliphatic carbocycles. The highest BCUT2D eigenvalue weighted by molar-refractivity contribution is 5.94.